The molecule has 0 aliphatic rings. The van der Waals surface area contributed by atoms with Gasteiger partial charge in [0.25, 0.3) is 5.69 Å². The summed E-state index contributed by atoms with van der Waals surface area (Å²) < 4.78 is 5.61. The number of carbonyl (C=O) groups excluding carboxylic acids is 1. The lowest BCUT2D eigenvalue weighted by Gasteiger charge is -2.15. The second kappa shape index (κ2) is 7.58. The molecule has 0 spiro atoms. The molecule has 7 nitrogen and oxygen atoms in total. The van der Waals surface area contributed by atoms with Crippen LogP contribution in [0.3, 0.4) is 0 Å². The Morgan fingerprint density at radius 1 is 1.43 bits per heavy atom. The zero-order valence-electron chi connectivity index (χ0n) is 12.5. The number of nitrogens with two attached hydrogens (primary N) is 1. The molecule has 1 aromatic rings. The van der Waals surface area contributed by atoms with E-state index in [1.165, 1.54) is 6.07 Å². The number of nitro benzene ring substituents is 1. The first-order valence-corrected chi connectivity index (χ1v) is 6.78. The number of nitrogens with zero attached hydrogens (tertiary/aromatic N) is 1. The van der Waals surface area contributed by atoms with Gasteiger partial charge >= 0.3 is 0 Å². The molecule has 1 atom stereocenters. The highest BCUT2D eigenvalue weighted by molar-refractivity contribution is 5.79. The minimum absolute atomic E-state index is 0.0718. The van der Waals surface area contributed by atoms with Gasteiger partial charge in [0, 0.05) is 18.1 Å². The maximum atomic E-state index is 11.2. The zero-order chi connectivity index (χ0) is 16.0. The molecule has 0 saturated heterocycles. The number of aryl methyl sites for hydroxylation is 2. The van der Waals surface area contributed by atoms with Crippen molar-refractivity contribution in [1.29, 1.82) is 0 Å². The first kappa shape index (κ1) is 16.9. The van der Waals surface area contributed by atoms with Crippen LogP contribution in [0.2, 0.25) is 0 Å². The number of hydrogen-bond donors (Lipinski definition) is 2. The van der Waals surface area contributed by atoms with Gasteiger partial charge in [-0.05, 0) is 32.0 Å². The minimum Gasteiger partial charge on any atom is -0.493 e. The summed E-state index contributed by atoms with van der Waals surface area (Å²) in [7, 11) is 0. The highest BCUT2D eigenvalue weighted by atomic mass is 16.6. The van der Waals surface area contributed by atoms with E-state index < -0.39 is 16.9 Å². The second-order valence-electron chi connectivity index (χ2n) is 4.81. The molecule has 21 heavy (non-hydrogen) atoms. The summed E-state index contributed by atoms with van der Waals surface area (Å²) in [5.41, 5.74) is 6.58. The van der Waals surface area contributed by atoms with Gasteiger partial charge in [-0.25, -0.2) is 0 Å². The van der Waals surface area contributed by atoms with E-state index >= 15 is 0 Å². The Morgan fingerprint density at radius 2 is 2.10 bits per heavy atom. The second-order valence-corrected chi connectivity index (χ2v) is 4.81. The number of nitro groups is 1. The summed E-state index contributed by atoms with van der Waals surface area (Å²) in [6.45, 7) is 6.25. The van der Waals surface area contributed by atoms with Crippen LogP contribution in [0.5, 0.6) is 5.75 Å². The van der Waals surface area contributed by atoms with E-state index in [0.717, 1.165) is 0 Å². The first-order valence-electron chi connectivity index (χ1n) is 6.78. The molecule has 116 valence electrons. The molecule has 7 heteroatoms. The summed E-state index contributed by atoms with van der Waals surface area (Å²) in [5, 5.41) is 13.8. The Labute approximate surface area is 123 Å². The fourth-order valence-electron chi connectivity index (χ4n) is 2.00. The topological polar surface area (TPSA) is 107 Å². The average molecular weight is 295 g/mol. The molecule has 1 amide bonds. The van der Waals surface area contributed by atoms with Crippen molar-refractivity contribution < 1.29 is 14.5 Å². The molecule has 0 aliphatic carbocycles. The van der Waals surface area contributed by atoms with E-state index in [-0.39, 0.29) is 5.69 Å². The van der Waals surface area contributed by atoms with Gasteiger partial charge in [-0.1, -0.05) is 6.92 Å². The number of rotatable bonds is 8. The zero-order valence-corrected chi connectivity index (χ0v) is 12.5. The van der Waals surface area contributed by atoms with Crippen LogP contribution >= 0.6 is 0 Å². The molecule has 0 bridgehead atoms. The average Bonchev–Trinajstić information content (AvgIpc) is 2.40. The summed E-state index contributed by atoms with van der Waals surface area (Å²) in [4.78, 5) is 21.6. The third kappa shape index (κ3) is 4.71. The number of carbonyl (C=O) groups is 1. The maximum Gasteiger partial charge on any atom is 0.272 e. The van der Waals surface area contributed by atoms with Crippen molar-refractivity contribution in [3.05, 3.63) is 33.4 Å². The largest absolute Gasteiger partial charge is 0.493 e. The van der Waals surface area contributed by atoms with Crippen molar-refractivity contribution in [2.75, 3.05) is 13.2 Å². The van der Waals surface area contributed by atoms with E-state index in [9.17, 15) is 14.9 Å². The highest BCUT2D eigenvalue weighted by Gasteiger charge is 2.16. The fraction of sp³-hybridized carbons (Fsp3) is 0.500. The number of amides is 1. The van der Waals surface area contributed by atoms with Gasteiger partial charge in [0.15, 0.2) is 0 Å². The van der Waals surface area contributed by atoms with Crippen LogP contribution in [0.25, 0.3) is 0 Å². The third-order valence-corrected chi connectivity index (χ3v) is 3.15. The predicted octanol–water partition coefficient (Wildman–Crippen LogP) is 1.44. The number of likely N-dealkylation sites (N-methyl/N-ethyl adjacent to an activating group) is 1. The molecule has 0 fully saturated rings. The molecule has 0 radical (unpaired) electrons. The Hall–Kier alpha value is -2.15. The van der Waals surface area contributed by atoms with Crippen LogP contribution in [0.4, 0.5) is 5.69 Å². The van der Waals surface area contributed by atoms with Gasteiger partial charge < -0.3 is 15.8 Å². The molecule has 0 heterocycles. The highest BCUT2D eigenvalue weighted by Crippen LogP contribution is 2.27. The number of primary amides is 1. The van der Waals surface area contributed by atoms with Crippen LogP contribution in [0.1, 0.15) is 24.5 Å². The van der Waals surface area contributed by atoms with Crippen molar-refractivity contribution >= 4 is 11.6 Å². The molecular formula is C14H21N3O4. The number of ether oxygens (including phenoxy) is 1. The van der Waals surface area contributed by atoms with Gasteiger partial charge in [-0.3, -0.25) is 14.9 Å². The quantitative estimate of drug-likeness (QED) is 0.557. The van der Waals surface area contributed by atoms with Crippen LogP contribution in [0.15, 0.2) is 12.1 Å². The SMILES string of the molecule is CCNC(CCOc1cc(C)c([N+](=O)[O-])cc1C)C(N)=O. The van der Waals surface area contributed by atoms with Gasteiger partial charge in [0.1, 0.15) is 5.75 Å². The van der Waals surface area contributed by atoms with Crippen LogP contribution in [0, 0.1) is 24.0 Å². The van der Waals surface area contributed by atoms with E-state index in [1.807, 2.05) is 6.92 Å². The van der Waals surface area contributed by atoms with Crippen molar-refractivity contribution in [2.45, 2.75) is 33.2 Å². The van der Waals surface area contributed by atoms with Crippen LogP contribution in [-0.2, 0) is 4.79 Å². The summed E-state index contributed by atoms with van der Waals surface area (Å²) in [6, 6.07) is 2.69. The van der Waals surface area contributed by atoms with E-state index in [0.29, 0.717) is 36.4 Å². The van der Waals surface area contributed by atoms with Gasteiger partial charge in [-0.15, -0.1) is 0 Å². The van der Waals surface area contributed by atoms with Crippen molar-refractivity contribution in [2.24, 2.45) is 5.73 Å². The summed E-state index contributed by atoms with van der Waals surface area (Å²) in [5.74, 6) is 0.162. The lowest BCUT2D eigenvalue weighted by Crippen LogP contribution is -2.42. The van der Waals surface area contributed by atoms with Crippen LogP contribution < -0.4 is 15.8 Å². The van der Waals surface area contributed by atoms with E-state index in [1.54, 1.807) is 19.9 Å². The summed E-state index contributed by atoms with van der Waals surface area (Å²) in [6.07, 6.45) is 0.443. The van der Waals surface area contributed by atoms with Crippen molar-refractivity contribution in [1.82, 2.24) is 5.32 Å². The fourth-order valence-corrected chi connectivity index (χ4v) is 2.00. The van der Waals surface area contributed by atoms with Gasteiger partial charge in [0.2, 0.25) is 5.91 Å². The van der Waals surface area contributed by atoms with E-state index in [4.69, 9.17) is 10.5 Å². The van der Waals surface area contributed by atoms with Crippen LogP contribution in [-0.4, -0.2) is 30.0 Å². The van der Waals surface area contributed by atoms with E-state index in [2.05, 4.69) is 5.32 Å². The molecule has 0 aliphatic heterocycles. The lowest BCUT2D eigenvalue weighted by atomic mass is 10.1. The van der Waals surface area contributed by atoms with Crippen molar-refractivity contribution in [3.8, 4) is 5.75 Å². The normalized spacial score (nSPS) is 12.0. The Balaban J connectivity index is 2.70. The molecule has 1 unspecified atom stereocenters. The third-order valence-electron chi connectivity index (χ3n) is 3.15. The maximum absolute atomic E-state index is 11.2. The Kier molecular flexibility index (Phi) is 6.10. The number of hydrogen-bond acceptors (Lipinski definition) is 5. The smallest absolute Gasteiger partial charge is 0.272 e. The molecule has 0 aromatic heterocycles. The van der Waals surface area contributed by atoms with Crippen molar-refractivity contribution in [3.63, 3.8) is 0 Å². The number of nitrogens with one attached hydrogen (secondary N) is 1. The monoisotopic (exact) mass is 295 g/mol. The lowest BCUT2D eigenvalue weighted by molar-refractivity contribution is -0.385. The Bertz CT molecular complexity index is 531. The predicted molar refractivity (Wildman–Crippen MR) is 79.3 cm³/mol. The molecule has 1 rings (SSSR count). The first-order chi connectivity index (χ1) is 9.86. The van der Waals surface area contributed by atoms with Gasteiger partial charge in [0.05, 0.1) is 17.6 Å². The standard InChI is InChI=1S/C14H21N3O4/c1-4-16-11(14(15)18)5-6-21-13-8-9(2)12(17(19)20)7-10(13)3/h7-8,11,16H,4-6H2,1-3H3,(H2,15,18). The molecule has 1 aromatic carbocycles. The molecular weight excluding hydrogens is 274 g/mol. The Morgan fingerprint density at radius 3 is 2.62 bits per heavy atom. The minimum atomic E-state index is -0.436. The molecule has 3 N–H and O–H groups in total. The molecule has 0 saturated carbocycles. The number of benzene rings is 1. The summed E-state index contributed by atoms with van der Waals surface area (Å²) >= 11 is 0. The van der Waals surface area contributed by atoms with Gasteiger partial charge in [-0.2, -0.15) is 0 Å².